The maximum absolute atomic E-state index is 12.7. The van der Waals surface area contributed by atoms with E-state index < -0.39 is 30.3 Å². The summed E-state index contributed by atoms with van der Waals surface area (Å²) in [5.74, 6) is -1.59. The molecule has 33 heavy (non-hydrogen) atoms. The number of hydrogen-bond donors (Lipinski definition) is 1. The monoisotopic (exact) mass is 446 g/mol. The molecule has 8 nitrogen and oxygen atoms in total. The number of ether oxygens (including phenoxy) is 1. The molecule has 0 fully saturated rings. The van der Waals surface area contributed by atoms with Gasteiger partial charge in [0, 0.05) is 6.54 Å². The molecular weight excluding hydrogens is 424 g/mol. The molecule has 0 aliphatic carbocycles. The van der Waals surface area contributed by atoms with E-state index in [1.807, 2.05) is 37.3 Å². The van der Waals surface area contributed by atoms with Crippen LogP contribution in [0.1, 0.15) is 55.2 Å². The zero-order chi connectivity index (χ0) is 23.4. The second-order valence-electron chi connectivity index (χ2n) is 7.73. The van der Waals surface area contributed by atoms with Crippen LogP contribution in [0.4, 0.5) is 0 Å². The van der Waals surface area contributed by atoms with Gasteiger partial charge in [-0.25, -0.2) is 4.79 Å². The first-order valence-electron chi connectivity index (χ1n) is 10.5. The van der Waals surface area contributed by atoms with Crippen LogP contribution in [0, 0.1) is 0 Å². The van der Waals surface area contributed by atoms with Gasteiger partial charge in [-0.3, -0.25) is 19.3 Å². The zero-order valence-electron chi connectivity index (χ0n) is 17.9. The number of esters is 1. The van der Waals surface area contributed by atoms with Crippen molar-refractivity contribution < 1.29 is 28.3 Å². The number of furan rings is 1. The van der Waals surface area contributed by atoms with Gasteiger partial charge in [-0.1, -0.05) is 37.3 Å². The van der Waals surface area contributed by atoms with Crippen LogP contribution < -0.4 is 5.32 Å². The fourth-order valence-corrected chi connectivity index (χ4v) is 3.55. The largest absolute Gasteiger partial charge is 0.467 e. The van der Waals surface area contributed by atoms with E-state index >= 15 is 0 Å². The smallest absolute Gasteiger partial charge is 0.338 e. The molecule has 2 aromatic carbocycles. The highest BCUT2D eigenvalue weighted by Gasteiger charge is 2.36. The number of benzene rings is 2. The number of nitrogens with one attached hydrogen (secondary N) is 1. The van der Waals surface area contributed by atoms with E-state index in [9.17, 15) is 19.2 Å². The van der Waals surface area contributed by atoms with Gasteiger partial charge in [-0.05, 0) is 41.8 Å². The topological polar surface area (TPSA) is 106 Å². The molecule has 0 spiro atoms. The van der Waals surface area contributed by atoms with E-state index in [2.05, 4.69) is 5.32 Å². The van der Waals surface area contributed by atoms with Gasteiger partial charge in [0.1, 0.15) is 5.76 Å². The van der Waals surface area contributed by atoms with Crippen molar-refractivity contribution >= 4 is 23.7 Å². The van der Waals surface area contributed by atoms with Crippen LogP contribution in [0.3, 0.4) is 0 Å². The van der Waals surface area contributed by atoms with Crippen molar-refractivity contribution in [2.24, 2.45) is 0 Å². The zero-order valence-corrected chi connectivity index (χ0v) is 17.9. The third kappa shape index (κ3) is 4.85. The van der Waals surface area contributed by atoms with E-state index in [4.69, 9.17) is 9.15 Å². The van der Waals surface area contributed by atoms with E-state index in [0.717, 1.165) is 10.5 Å². The summed E-state index contributed by atoms with van der Waals surface area (Å²) in [5, 5.41) is 2.74. The average molecular weight is 446 g/mol. The van der Waals surface area contributed by atoms with Crippen molar-refractivity contribution in [2.45, 2.75) is 19.4 Å². The first-order valence-corrected chi connectivity index (χ1v) is 10.5. The molecule has 4 rings (SSSR count). The first-order chi connectivity index (χ1) is 15.9. The van der Waals surface area contributed by atoms with Gasteiger partial charge in [-0.2, -0.15) is 0 Å². The number of hydrogen-bond acceptors (Lipinski definition) is 6. The lowest BCUT2D eigenvalue weighted by Crippen LogP contribution is -2.31. The molecule has 1 atom stereocenters. The molecule has 0 saturated carbocycles. The summed E-state index contributed by atoms with van der Waals surface area (Å²) in [4.78, 5) is 50.8. The van der Waals surface area contributed by atoms with Crippen molar-refractivity contribution in [1.82, 2.24) is 10.2 Å². The number of rotatable bonds is 8. The van der Waals surface area contributed by atoms with Crippen LogP contribution in [0.5, 0.6) is 0 Å². The summed E-state index contributed by atoms with van der Waals surface area (Å²) >= 11 is 0. The molecule has 0 bridgehead atoms. The van der Waals surface area contributed by atoms with Gasteiger partial charge in [0.2, 0.25) is 0 Å². The van der Waals surface area contributed by atoms with Crippen molar-refractivity contribution in [3.05, 3.63) is 94.9 Å². The van der Waals surface area contributed by atoms with Crippen LogP contribution in [-0.4, -0.2) is 41.7 Å². The summed E-state index contributed by atoms with van der Waals surface area (Å²) < 4.78 is 10.3. The molecule has 3 amide bonds. The lowest BCUT2D eigenvalue weighted by atomic mass is 10.0. The minimum Gasteiger partial charge on any atom is -0.467 e. The van der Waals surface area contributed by atoms with E-state index in [-0.39, 0.29) is 29.2 Å². The Hall–Kier alpha value is -4.20. The summed E-state index contributed by atoms with van der Waals surface area (Å²) in [6, 6.07) is 17.2. The molecule has 1 aliphatic heterocycles. The number of fused-ring (bicyclic) bond motifs is 1. The maximum atomic E-state index is 12.7. The summed E-state index contributed by atoms with van der Waals surface area (Å²) in [5.41, 5.74) is 1.49. The Morgan fingerprint density at radius 2 is 1.76 bits per heavy atom. The van der Waals surface area contributed by atoms with Crippen molar-refractivity contribution in [3.63, 3.8) is 0 Å². The number of amides is 3. The predicted molar refractivity (Wildman–Crippen MR) is 118 cm³/mol. The molecular formula is C25H22N2O6. The highest BCUT2D eigenvalue weighted by Crippen LogP contribution is 2.26. The summed E-state index contributed by atoms with van der Waals surface area (Å²) in [6.45, 7) is 1.94. The van der Waals surface area contributed by atoms with Crippen molar-refractivity contribution in [1.29, 1.82) is 0 Å². The fourth-order valence-electron chi connectivity index (χ4n) is 3.55. The Bertz CT molecular complexity index is 1190. The molecule has 0 saturated heterocycles. The lowest BCUT2D eigenvalue weighted by Gasteiger charge is -2.13. The van der Waals surface area contributed by atoms with Gasteiger partial charge >= 0.3 is 5.97 Å². The van der Waals surface area contributed by atoms with Gasteiger partial charge in [0.05, 0.1) is 29.5 Å². The number of carbonyl (C=O) groups is 4. The van der Waals surface area contributed by atoms with Crippen LogP contribution in [0.2, 0.25) is 0 Å². The van der Waals surface area contributed by atoms with Crippen molar-refractivity contribution in [3.8, 4) is 0 Å². The molecule has 1 unspecified atom stereocenters. The second kappa shape index (κ2) is 9.52. The summed E-state index contributed by atoms with van der Waals surface area (Å²) in [6.07, 6.45) is 1.46. The molecule has 2 heterocycles. The minimum atomic E-state index is -0.756. The van der Waals surface area contributed by atoms with E-state index in [1.165, 1.54) is 24.5 Å². The van der Waals surface area contributed by atoms with Gasteiger partial charge in [0.25, 0.3) is 17.7 Å². The predicted octanol–water partition coefficient (Wildman–Crippen LogP) is 3.15. The fraction of sp³-hybridized carbons (Fsp3) is 0.200. The molecule has 1 aromatic heterocycles. The van der Waals surface area contributed by atoms with Crippen LogP contribution in [-0.2, 0) is 16.1 Å². The standard InChI is InChI=1S/C25H22N2O6/c1-16(17-6-3-2-4-7-17)13-26-22(28)15-33-25(31)18-9-10-20-21(12-18)24(30)27(23(20)29)14-19-8-5-11-32-19/h2-12,16H,13-15H2,1H3,(H,26,28). The molecule has 1 aliphatic rings. The highest BCUT2D eigenvalue weighted by atomic mass is 16.5. The molecule has 8 heteroatoms. The van der Waals surface area contributed by atoms with E-state index in [1.54, 1.807) is 12.1 Å². The number of imide groups is 1. The third-order valence-corrected chi connectivity index (χ3v) is 5.41. The molecule has 168 valence electrons. The Morgan fingerprint density at radius 1 is 1.00 bits per heavy atom. The average Bonchev–Trinajstić information content (AvgIpc) is 3.44. The molecule has 1 N–H and O–H groups in total. The highest BCUT2D eigenvalue weighted by molar-refractivity contribution is 6.21. The van der Waals surface area contributed by atoms with Crippen LogP contribution in [0.25, 0.3) is 0 Å². The van der Waals surface area contributed by atoms with Gasteiger partial charge in [0.15, 0.2) is 6.61 Å². The Labute approximate surface area is 190 Å². The Balaban J connectivity index is 1.32. The van der Waals surface area contributed by atoms with Gasteiger partial charge in [-0.15, -0.1) is 0 Å². The first kappa shape index (κ1) is 22.0. The molecule has 3 aromatic rings. The lowest BCUT2D eigenvalue weighted by molar-refractivity contribution is -0.124. The number of nitrogens with zero attached hydrogens (tertiary/aromatic N) is 1. The maximum Gasteiger partial charge on any atom is 0.338 e. The van der Waals surface area contributed by atoms with Gasteiger partial charge < -0.3 is 14.5 Å². The molecule has 0 radical (unpaired) electrons. The quantitative estimate of drug-likeness (QED) is 0.421. The SMILES string of the molecule is CC(CNC(=O)COC(=O)c1ccc2c(c1)C(=O)N(Cc1ccco1)C2=O)c1ccccc1. The number of carbonyl (C=O) groups excluding carboxylic acids is 4. The van der Waals surface area contributed by atoms with E-state index in [0.29, 0.717) is 12.3 Å². The Kier molecular flexibility index (Phi) is 6.35. The third-order valence-electron chi connectivity index (χ3n) is 5.41. The van der Waals surface area contributed by atoms with Crippen LogP contribution >= 0.6 is 0 Å². The summed E-state index contributed by atoms with van der Waals surface area (Å²) in [7, 11) is 0. The van der Waals surface area contributed by atoms with Crippen molar-refractivity contribution in [2.75, 3.05) is 13.2 Å². The second-order valence-corrected chi connectivity index (χ2v) is 7.73. The minimum absolute atomic E-state index is 0.000696. The Morgan fingerprint density at radius 3 is 2.48 bits per heavy atom. The van der Waals surface area contributed by atoms with Crippen LogP contribution in [0.15, 0.2) is 71.3 Å². The normalized spacial score (nSPS) is 13.5.